The van der Waals surface area contributed by atoms with Crippen LogP contribution in [0.2, 0.25) is 0 Å². The first-order valence-corrected chi connectivity index (χ1v) is 8.17. The van der Waals surface area contributed by atoms with Gasteiger partial charge in [-0.2, -0.15) is 0 Å². The van der Waals surface area contributed by atoms with Crippen LogP contribution in [0.4, 0.5) is 22.1 Å². The zero-order chi connectivity index (χ0) is 18.5. The van der Waals surface area contributed by atoms with Gasteiger partial charge in [0.1, 0.15) is 11.5 Å². The largest absolute Gasteiger partial charge is 0.411 e. The molecule has 0 saturated carbocycles. The molecule has 0 aromatic carbocycles. The Bertz CT molecular complexity index is 786. The first-order valence-electron chi connectivity index (χ1n) is 8.17. The van der Waals surface area contributed by atoms with Crippen LogP contribution in [0.5, 0.6) is 5.88 Å². The molecule has 1 saturated heterocycles. The van der Waals surface area contributed by atoms with Gasteiger partial charge in [-0.25, -0.2) is 9.78 Å². The second-order valence-corrected chi connectivity index (χ2v) is 5.94. The van der Waals surface area contributed by atoms with E-state index in [0.717, 1.165) is 12.1 Å². The fourth-order valence-electron chi connectivity index (χ4n) is 2.59. The fraction of sp³-hybridized carbons (Fsp3) is 0.375. The number of amides is 1. The lowest BCUT2D eigenvalue weighted by Gasteiger charge is -2.29. The molecule has 2 aromatic heterocycles. The van der Waals surface area contributed by atoms with Gasteiger partial charge in [-0.05, 0) is 25.5 Å². The lowest BCUT2D eigenvalue weighted by Crippen LogP contribution is -2.47. The second kappa shape index (κ2) is 7.93. The van der Waals surface area contributed by atoms with Crippen molar-refractivity contribution in [3.05, 3.63) is 30.0 Å². The van der Waals surface area contributed by atoms with Gasteiger partial charge in [0.2, 0.25) is 0 Å². The Kier molecular flexibility index (Phi) is 5.44. The average Bonchev–Trinajstić information content (AvgIpc) is 2.59. The Balaban J connectivity index is 1.84. The topological polar surface area (TPSA) is 150 Å². The highest BCUT2D eigenvalue weighted by Crippen LogP contribution is 2.27. The number of nitrogens with two attached hydrogens (primary N) is 2. The van der Waals surface area contributed by atoms with Gasteiger partial charge in [-0.3, -0.25) is 0 Å². The van der Waals surface area contributed by atoms with Crippen LogP contribution in [0.3, 0.4) is 0 Å². The number of rotatable bonds is 5. The Hall–Kier alpha value is -2.98. The van der Waals surface area contributed by atoms with Crippen LogP contribution in [-0.2, 0) is 4.74 Å². The summed E-state index contributed by atoms with van der Waals surface area (Å²) in [6, 6.07) is 7.03. The summed E-state index contributed by atoms with van der Waals surface area (Å²) < 4.78 is 10.2. The van der Waals surface area contributed by atoms with Crippen molar-refractivity contribution in [2.45, 2.75) is 25.4 Å². The van der Waals surface area contributed by atoms with Crippen LogP contribution in [0.15, 0.2) is 24.3 Å². The third-order valence-corrected chi connectivity index (χ3v) is 3.84. The van der Waals surface area contributed by atoms with Crippen molar-refractivity contribution in [1.29, 1.82) is 0 Å². The zero-order valence-corrected chi connectivity index (χ0v) is 14.3. The number of aryl methyl sites for hydroxylation is 1. The summed E-state index contributed by atoms with van der Waals surface area (Å²) in [5.41, 5.74) is 12.4. The number of carbonyl (C=O) groups excluding carboxylic acids is 1. The molecular formula is C16H21N7O3. The maximum Gasteiger partial charge on any atom is 0.411 e. The maximum atomic E-state index is 11.1. The van der Waals surface area contributed by atoms with Crippen LogP contribution < -0.4 is 26.8 Å². The van der Waals surface area contributed by atoms with Gasteiger partial charge < -0.3 is 31.6 Å². The Morgan fingerprint density at radius 3 is 2.92 bits per heavy atom. The molecule has 2 aromatic rings. The van der Waals surface area contributed by atoms with Crippen molar-refractivity contribution in [2.75, 3.05) is 23.8 Å². The number of nitrogens with one attached hydrogen (secondary N) is 2. The number of nitrogens with zero attached hydrogens (tertiary/aromatic N) is 3. The van der Waals surface area contributed by atoms with Gasteiger partial charge >= 0.3 is 6.09 Å². The molecule has 2 atom stereocenters. The quantitative estimate of drug-likeness (QED) is 0.610. The van der Waals surface area contributed by atoms with Crippen molar-refractivity contribution in [3.63, 3.8) is 0 Å². The molecule has 0 radical (unpaired) electrons. The molecule has 0 bridgehead atoms. The SMILES string of the molecule is Cc1cccc(Nc2cc(N[C@@H]3CCOC[C@@H]3N)nnc2OC(N)=O)n1. The molecule has 1 fully saturated rings. The van der Waals surface area contributed by atoms with E-state index in [9.17, 15) is 4.79 Å². The highest BCUT2D eigenvalue weighted by molar-refractivity contribution is 5.73. The lowest BCUT2D eigenvalue weighted by molar-refractivity contribution is 0.0751. The van der Waals surface area contributed by atoms with Crippen molar-refractivity contribution in [3.8, 4) is 5.88 Å². The van der Waals surface area contributed by atoms with E-state index in [-0.39, 0.29) is 18.0 Å². The summed E-state index contributed by atoms with van der Waals surface area (Å²) >= 11 is 0. The molecule has 1 aliphatic rings. The van der Waals surface area contributed by atoms with Crippen molar-refractivity contribution in [1.82, 2.24) is 15.2 Å². The highest BCUT2D eigenvalue weighted by Gasteiger charge is 2.23. The van der Waals surface area contributed by atoms with Crippen LogP contribution in [-0.4, -0.2) is 46.6 Å². The highest BCUT2D eigenvalue weighted by atomic mass is 16.6. The minimum absolute atomic E-state index is 0.00547. The average molecular weight is 359 g/mol. The van der Waals surface area contributed by atoms with E-state index < -0.39 is 6.09 Å². The van der Waals surface area contributed by atoms with E-state index in [1.54, 1.807) is 12.1 Å². The molecule has 3 heterocycles. The monoisotopic (exact) mass is 359 g/mol. The minimum atomic E-state index is -0.980. The van der Waals surface area contributed by atoms with E-state index in [4.69, 9.17) is 20.9 Å². The number of ether oxygens (including phenoxy) is 2. The van der Waals surface area contributed by atoms with Crippen molar-refractivity contribution < 1.29 is 14.3 Å². The predicted octanol–water partition coefficient (Wildman–Crippen LogP) is 0.909. The number of carbonyl (C=O) groups is 1. The summed E-state index contributed by atoms with van der Waals surface area (Å²) in [7, 11) is 0. The molecule has 10 nitrogen and oxygen atoms in total. The zero-order valence-electron chi connectivity index (χ0n) is 14.3. The van der Waals surface area contributed by atoms with Crippen LogP contribution >= 0.6 is 0 Å². The van der Waals surface area contributed by atoms with Gasteiger partial charge in [0, 0.05) is 30.5 Å². The van der Waals surface area contributed by atoms with Crippen LogP contribution in [0.1, 0.15) is 12.1 Å². The smallest absolute Gasteiger partial charge is 0.387 e. The normalized spacial score (nSPS) is 19.6. The van der Waals surface area contributed by atoms with E-state index in [2.05, 4.69) is 25.8 Å². The van der Waals surface area contributed by atoms with E-state index in [1.165, 1.54) is 0 Å². The summed E-state index contributed by atoms with van der Waals surface area (Å²) in [6.45, 7) is 2.97. The van der Waals surface area contributed by atoms with E-state index >= 15 is 0 Å². The fourth-order valence-corrected chi connectivity index (χ4v) is 2.59. The Morgan fingerprint density at radius 1 is 1.35 bits per heavy atom. The molecule has 3 rings (SSSR count). The number of hydrogen-bond donors (Lipinski definition) is 4. The third-order valence-electron chi connectivity index (χ3n) is 3.84. The molecule has 6 N–H and O–H groups in total. The molecular weight excluding hydrogens is 338 g/mol. The maximum absolute atomic E-state index is 11.1. The van der Waals surface area contributed by atoms with Crippen molar-refractivity contribution >= 4 is 23.4 Å². The molecule has 26 heavy (non-hydrogen) atoms. The molecule has 0 spiro atoms. The predicted molar refractivity (Wildman–Crippen MR) is 95.3 cm³/mol. The molecule has 138 valence electrons. The van der Waals surface area contributed by atoms with Gasteiger partial charge in [0.05, 0.1) is 6.61 Å². The molecule has 10 heteroatoms. The van der Waals surface area contributed by atoms with Gasteiger partial charge in [0.15, 0.2) is 5.82 Å². The lowest BCUT2D eigenvalue weighted by atomic mass is 10.0. The number of pyridine rings is 1. The van der Waals surface area contributed by atoms with Crippen LogP contribution in [0.25, 0.3) is 0 Å². The second-order valence-electron chi connectivity index (χ2n) is 5.94. The van der Waals surface area contributed by atoms with Gasteiger partial charge in [-0.15, -0.1) is 10.2 Å². The molecule has 0 aliphatic carbocycles. The number of aromatic nitrogens is 3. The number of hydrogen-bond acceptors (Lipinski definition) is 9. The molecule has 1 amide bonds. The minimum Gasteiger partial charge on any atom is -0.387 e. The standard InChI is InChI=1S/C16H21N7O3/c1-9-3-2-4-13(19-9)21-12-7-14(22-23-15(12)26-16(18)24)20-11-5-6-25-8-10(11)17/h2-4,7,10-11H,5-6,8,17H2,1H3,(H2,18,24)(H2,19,20,21,22)/t10-,11+/m0/s1. The summed E-state index contributed by atoms with van der Waals surface area (Å²) in [5.74, 6) is 1.02. The summed E-state index contributed by atoms with van der Waals surface area (Å²) in [4.78, 5) is 15.5. The third kappa shape index (κ3) is 4.55. The summed E-state index contributed by atoms with van der Waals surface area (Å²) in [6.07, 6.45) is -0.225. The number of anilines is 3. The molecule has 1 aliphatic heterocycles. The Morgan fingerprint density at radius 2 is 2.19 bits per heavy atom. The van der Waals surface area contributed by atoms with Crippen molar-refractivity contribution in [2.24, 2.45) is 11.5 Å². The number of primary amides is 1. The molecule has 0 unspecified atom stereocenters. The first kappa shape index (κ1) is 17.8. The Labute approximate surface area is 150 Å². The van der Waals surface area contributed by atoms with E-state index in [0.29, 0.717) is 30.5 Å². The first-order chi connectivity index (χ1) is 12.5. The van der Waals surface area contributed by atoms with E-state index in [1.807, 2.05) is 19.1 Å². The summed E-state index contributed by atoms with van der Waals surface area (Å²) in [5, 5.41) is 14.3. The van der Waals surface area contributed by atoms with Gasteiger partial charge in [-0.1, -0.05) is 6.07 Å². The van der Waals surface area contributed by atoms with Crippen LogP contribution in [0, 0.1) is 6.92 Å². The van der Waals surface area contributed by atoms with Gasteiger partial charge in [0.25, 0.3) is 5.88 Å².